The molecule has 1 aromatic carbocycles. The summed E-state index contributed by atoms with van der Waals surface area (Å²) in [6.45, 7) is 5.11. The van der Waals surface area contributed by atoms with Gasteiger partial charge in [0.25, 0.3) is 0 Å². The predicted molar refractivity (Wildman–Crippen MR) is 76.4 cm³/mol. The van der Waals surface area contributed by atoms with Gasteiger partial charge in [0.05, 0.1) is 5.69 Å². The molecule has 4 heteroatoms. The summed E-state index contributed by atoms with van der Waals surface area (Å²) in [4.78, 5) is 10.9. The van der Waals surface area contributed by atoms with Crippen LogP contribution < -0.4 is 5.73 Å². The Hall–Kier alpha value is -1.78. The van der Waals surface area contributed by atoms with Crippen molar-refractivity contribution in [3.63, 3.8) is 0 Å². The predicted octanol–water partition coefficient (Wildman–Crippen LogP) is 1.75. The van der Waals surface area contributed by atoms with Crippen molar-refractivity contribution < 1.29 is 0 Å². The molecule has 4 nitrogen and oxygen atoms in total. The van der Waals surface area contributed by atoms with E-state index in [1.54, 1.807) is 6.20 Å². The quantitative estimate of drug-likeness (QED) is 0.855. The lowest BCUT2D eigenvalue weighted by Crippen LogP contribution is -2.29. The molecule has 0 unspecified atom stereocenters. The number of nitrogens with two attached hydrogens (primary N) is 1. The van der Waals surface area contributed by atoms with Gasteiger partial charge in [-0.1, -0.05) is 30.3 Å². The van der Waals surface area contributed by atoms with Crippen LogP contribution in [0.15, 0.2) is 42.6 Å². The lowest BCUT2D eigenvalue weighted by Gasteiger charge is -2.21. The molecular formula is C15H20N4. The van der Waals surface area contributed by atoms with Gasteiger partial charge in [0.1, 0.15) is 5.82 Å². The van der Waals surface area contributed by atoms with Gasteiger partial charge in [0, 0.05) is 32.4 Å². The number of benzene rings is 1. The van der Waals surface area contributed by atoms with E-state index < -0.39 is 0 Å². The summed E-state index contributed by atoms with van der Waals surface area (Å²) in [6, 6.07) is 12.4. The highest BCUT2D eigenvalue weighted by Crippen LogP contribution is 2.08. The van der Waals surface area contributed by atoms with Crippen LogP contribution in [-0.2, 0) is 13.1 Å². The van der Waals surface area contributed by atoms with Crippen LogP contribution in [0.1, 0.15) is 17.1 Å². The Labute approximate surface area is 114 Å². The number of hydrogen-bond donors (Lipinski definition) is 1. The SMILES string of the molecule is Cc1nccc(CN(CCN)Cc2ccccc2)n1. The van der Waals surface area contributed by atoms with E-state index in [1.165, 1.54) is 5.56 Å². The Morgan fingerprint density at radius 2 is 1.89 bits per heavy atom. The third-order valence-electron chi connectivity index (χ3n) is 2.91. The summed E-state index contributed by atoms with van der Waals surface area (Å²) >= 11 is 0. The fourth-order valence-electron chi connectivity index (χ4n) is 2.06. The van der Waals surface area contributed by atoms with Crippen LogP contribution in [0.2, 0.25) is 0 Å². The number of rotatable bonds is 6. The Morgan fingerprint density at radius 1 is 1.11 bits per heavy atom. The van der Waals surface area contributed by atoms with Gasteiger partial charge in [-0.2, -0.15) is 0 Å². The number of hydrogen-bond acceptors (Lipinski definition) is 4. The van der Waals surface area contributed by atoms with Crippen molar-refractivity contribution in [2.24, 2.45) is 5.73 Å². The van der Waals surface area contributed by atoms with Crippen molar-refractivity contribution in [3.05, 3.63) is 59.7 Å². The molecule has 0 fully saturated rings. The highest BCUT2D eigenvalue weighted by Gasteiger charge is 2.07. The van der Waals surface area contributed by atoms with Crippen LogP contribution in [0.5, 0.6) is 0 Å². The van der Waals surface area contributed by atoms with Gasteiger partial charge in [-0.25, -0.2) is 9.97 Å². The van der Waals surface area contributed by atoms with Crippen molar-refractivity contribution in [2.45, 2.75) is 20.0 Å². The molecule has 0 spiro atoms. The van der Waals surface area contributed by atoms with Gasteiger partial charge >= 0.3 is 0 Å². The number of aryl methyl sites for hydroxylation is 1. The standard InChI is InChI=1S/C15H20N4/c1-13-17-9-7-15(18-13)12-19(10-8-16)11-14-5-3-2-4-6-14/h2-7,9H,8,10-12,16H2,1H3. The van der Waals surface area contributed by atoms with Crippen molar-refractivity contribution in [1.82, 2.24) is 14.9 Å². The van der Waals surface area contributed by atoms with Crippen LogP contribution in [0, 0.1) is 6.92 Å². The highest BCUT2D eigenvalue weighted by atomic mass is 15.1. The van der Waals surface area contributed by atoms with Crippen molar-refractivity contribution in [1.29, 1.82) is 0 Å². The van der Waals surface area contributed by atoms with Crippen molar-refractivity contribution in [3.8, 4) is 0 Å². The smallest absolute Gasteiger partial charge is 0.125 e. The summed E-state index contributed by atoms with van der Waals surface area (Å²) in [7, 11) is 0. The fourth-order valence-corrected chi connectivity index (χ4v) is 2.06. The van der Waals surface area contributed by atoms with E-state index in [0.29, 0.717) is 6.54 Å². The second-order valence-corrected chi connectivity index (χ2v) is 4.58. The molecule has 0 atom stereocenters. The Kier molecular flexibility index (Phi) is 5.01. The third kappa shape index (κ3) is 4.43. The van der Waals surface area contributed by atoms with Crippen molar-refractivity contribution in [2.75, 3.05) is 13.1 Å². The molecule has 0 bridgehead atoms. The molecule has 100 valence electrons. The van der Waals surface area contributed by atoms with Crippen LogP contribution in [0.25, 0.3) is 0 Å². The van der Waals surface area contributed by atoms with E-state index in [9.17, 15) is 0 Å². The lowest BCUT2D eigenvalue weighted by molar-refractivity contribution is 0.261. The number of aromatic nitrogens is 2. The Balaban J connectivity index is 2.04. The fraction of sp³-hybridized carbons (Fsp3) is 0.333. The molecule has 1 aromatic heterocycles. The maximum absolute atomic E-state index is 5.69. The van der Waals surface area contributed by atoms with Gasteiger partial charge < -0.3 is 5.73 Å². The molecule has 0 radical (unpaired) electrons. The van der Waals surface area contributed by atoms with E-state index >= 15 is 0 Å². The molecular weight excluding hydrogens is 236 g/mol. The van der Waals surface area contributed by atoms with Crippen LogP contribution >= 0.6 is 0 Å². The zero-order chi connectivity index (χ0) is 13.5. The second kappa shape index (κ2) is 6.97. The minimum Gasteiger partial charge on any atom is -0.329 e. The van der Waals surface area contributed by atoms with E-state index in [-0.39, 0.29) is 0 Å². The summed E-state index contributed by atoms with van der Waals surface area (Å²) in [5.41, 5.74) is 8.02. The first-order valence-electron chi connectivity index (χ1n) is 6.53. The normalized spacial score (nSPS) is 10.9. The van der Waals surface area contributed by atoms with Gasteiger partial charge in [0.2, 0.25) is 0 Å². The van der Waals surface area contributed by atoms with Crippen molar-refractivity contribution >= 4 is 0 Å². The summed E-state index contributed by atoms with van der Waals surface area (Å²) < 4.78 is 0. The average Bonchev–Trinajstić information content (AvgIpc) is 2.40. The molecule has 0 amide bonds. The van der Waals surface area contributed by atoms with Gasteiger partial charge in [-0.15, -0.1) is 0 Å². The largest absolute Gasteiger partial charge is 0.329 e. The first-order chi connectivity index (χ1) is 9.28. The lowest BCUT2D eigenvalue weighted by atomic mass is 10.2. The summed E-state index contributed by atoms with van der Waals surface area (Å²) in [5, 5.41) is 0. The maximum atomic E-state index is 5.69. The monoisotopic (exact) mass is 256 g/mol. The molecule has 2 rings (SSSR count). The average molecular weight is 256 g/mol. The molecule has 0 saturated heterocycles. The molecule has 19 heavy (non-hydrogen) atoms. The second-order valence-electron chi connectivity index (χ2n) is 4.58. The van der Waals surface area contributed by atoms with Gasteiger partial charge in [-0.3, -0.25) is 4.90 Å². The van der Waals surface area contributed by atoms with E-state index in [4.69, 9.17) is 5.73 Å². The molecule has 0 aliphatic heterocycles. The van der Waals surface area contributed by atoms with E-state index in [1.807, 2.05) is 19.1 Å². The Bertz CT molecular complexity index is 499. The highest BCUT2D eigenvalue weighted by molar-refractivity contribution is 5.14. The molecule has 0 aliphatic carbocycles. The molecule has 1 heterocycles. The van der Waals surface area contributed by atoms with Crippen LogP contribution in [0.3, 0.4) is 0 Å². The summed E-state index contributed by atoms with van der Waals surface area (Å²) in [6.07, 6.45) is 1.81. The topological polar surface area (TPSA) is 55.0 Å². The zero-order valence-electron chi connectivity index (χ0n) is 11.3. The Morgan fingerprint density at radius 3 is 2.58 bits per heavy atom. The van der Waals surface area contributed by atoms with E-state index in [2.05, 4.69) is 39.1 Å². The minimum atomic E-state index is 0.650. The molecule has 0 aliphatic rings. The minimum absolute atomic E-state index is 0.650. The van der Waals surface area contributed by atoms with Crippen LogP contribution in [0.4, 0.5) is 0 Å². The molecule has 2 aromatic rings. The maximum Gasteiger partial charge on any atom is 0.125 e. The van der Waals surface area contributed by atoms with Gasteiger partial charge in [-0.05, 0) is 18.6 Å². The van der Waals surface area contributed by atoms with Gasteiger partial charge in [0.15, 0.2) is 0 Å². The third-order valence-corrected chi connectivity index (χ3v) is 2.91. The molecule has 2 N–H and O–H groups in total. The molecule has 0 saturated carbocycles. The zero-order valence-corrected chi connectivity index (χ0v) is 11.3. The summed E-state index contributed by atoms with van der Waals surface area (Å²) in [5.74, 6) is 0.810. The first kappa shape index (κ1) is 13.6. The van der Waals surface area contributed by atoms with E-state index in [0.717, 1.165) is 31.2 Å². The van der Waals surface area contributed by atoms with Crippen LogP contribution in [-0.4, -0.2) is 28.0 Å². The first-order valence-corrected chi connectivity index (χ1v) is 6.53. The number of nitrogens with zero attached hydrogens (tertiary/aromatic N) is 3.